The van der Waals surface area contributed by atoms with E-state index in [2.05, 4.69) is 43.0 Å². The zero-order valence-corrected chi connectivity index (χ0v) is 18.8. The van der Waals surface area contributed by atoms with Gasteiger partial charge in [-0.2, -0.15) is 9.97 Å². The molecule has 0 spiro atoms. The molecule has 1 fully saturated rings. The van der Waals surface area contributed by atoms with Crippen LogP contribution < -0.4 is 15.4 Å². The molecule has 1 aromatic heterocycles. The Morgan fingerprint density at radius 3 is 3.04 bits per heavy atom. The molecule has 1 aromatic rings. The Bertz CT molecular complexity index is 675. The van der Waals surface area contributed by atoms with E-state index in [-0.39, 0.29) is 21.0 Å². The zero-order chi connectivity index (χ0) is 19.2. The predicted octanol–water partition coefficient (Wildman–Crippen LogP) is 2.43. The minimum absolute atomic E-state index is 0.221. The largest absolute Gasteiger partial charge is 0.448 e. The van der Waals surface area contributed by atoms with Crippen LogP contribution in [0.3, 0.4) is 0 Å². The second kappa shape index (κ2) is 9.81. The summed E-state index contributed by atoms with van der Waals surface area (Å²) >= 11 is 4.64. The molecule has 7 heteroatoms. The highest BCUT2D eigenvalue weighted by molar-refractivity contribution is 7.80. The number of anilines is 1. The van der Waals surface area contributed by atoms with Crippen LogP contribution in [0.15, 0.2) is 0 Å². The summed E-state index contributed by atoms with van der Waals surface area (Å²) in [5.74, 6) is 4.38. The van der Waals surface area contributed by atoms with Gasteiger partial charge in [-0.15, -0.1) is 25.0 Å². The molecule has 1 aliphatic carbocycles. The van der Waals surface area contributed by atoms with Gasteiger partial charge in [0.1, 0.15) is 5.82 Å². The topological polar surface area (TPSA) is 59.1 Å². The molecule has 2 aliphatic rings. The second-order valence-electron chi connectivity index (χ2n) is 8.07. The third-order valence-electron chi connectivity index (χ3n) is 5.57. The SMILES string of the molecule is C#CC[SiH2]C(C)CNc1nc(OC(S)[C@@H]2CCCN2)nc2c1CC[C@@H](C)C2. The van der Waals surface area contributed by atoms with Crippen molar-refractivity contribution in [2.24, 2.45) is 5.92 Å². The summed E-state index contributed by atoms with van der Waals surface area (Å²) in [7, 11) is -0.240. The zero-order valence-electron chi connectivity index (χ0n) is 16.5. The van der Waals surface area contributed by atoms with E-state index in [4.69, 9.17) is 21.1 Å². The maximum atomic E-state index is 6.03. The number of ether oxygens (including phenoxy) is 1. The van der Waals surface area contributed by atoms with Crippen LogP contribution in [0.4, 0.5) is 5.82 Å². The van der Waals surface area contributed by atoms with Crippen molar-refractivity contribution in [3.63, 3.8) is 0 Å². The molecule has 1 aliphatic heterocycles. The quantitative estimate of drug-likeness (QED) is 0.269. The van der Waals surface area contributed by atoms with Gasteiger partial charge in [0.2, 0.25) is 0 Å². The molecule has 0 radical (unpaired) electrons. The van der Waals surface area contributed by atoms with Crippen molar-refractivity contribution in [3.8, 4) is 18.4 Å². The first-order valence-corrected chi connectivity index (χ1v) is 12.5. The summed E-state index contributed by atoms with van der Waals surface area (Å²) in [6.45, 7) is 6.51. The first-order chi connectivity index (χ1) is 13.1. The van der Waals surface area contributed by atoms with Crippen LogP contribution >= 0.6 is 12.6 Å². The average Bonchev–Trinajstić information content (AvgIpc) is 3.19. The third kappa shape index (κ3) is 5.63. The van der Waals surface area contributed by atoms with Crippen molar-refractivity contribution in [2.45, 2.75) is 69.0 Å². The highest BCUT2D eigenvalue weighted by Crippen LogP contribution is 2.31. The Labute approximate surface area is 171 Å². The predicted molar refractivity (Wildman–Crippen MR) is 118 cm³/mol. The van der Waals surface area contributed by atoms with Gasteiger partial charge < -0.3 is 15.4 Å². The Morgan fingerprint density at radius 2 is 2.30 bits per heavy atom. The summed E-state index contributed by atoms with van der Waals surface area (Å²) in [5, 5.41) is 7.01. The lowest BCUT2D eigenvalue weighted by molar-refractivity contribution is 0.226. The molecular formula is C20H32N4OSSi. The summed E-state index contributed by atoms with van der Waals surface area (Å²) in [4.78, 5) is 9.47. The van der Waals surface area contributed by atoms with Crippen molar-refractivity contribution >= 4 is 28.0 Å². The fourth-order valence-electron chi connectivity index (χ4n) is 3.81. The normalized spacial score (nSPS) is 24.4. The van der Waals surface area contributed by atoms with Crippen molar-refractivity contribution in [3.05, 3.63) is 11.3 Å². The number of hydrogen-bond donors (Lipinski definition) is 3. The Hall–Kier alpha value is -1.23. The molecule has 0 aromatic carbocycles. The van der Waals surface area contributed by atoms with Crippen LogP contribution in [-0.2, 0) is 12.8 Å². The first kappa shape index (κ1) is 20.5. The lowest BCUT2D eigenvalue weighted by atomic mass is 9.88. The molecule has 1 saturated heterocycles. The highest BCUT2D eigenvalue weighted by atomic mass is 32.1. The Balaban J connectivity index is 1.74. The van der Waals surface area contributed by atoms with Crippen LogP contribution in [-0.4, -0.2) is 44.1 Å². The first-order valence-electron chi connectivity index (χ1n) is 10.2. The average molecular weight is 405 g/mol. The molecule has 2 unspecified atom stereocenters. The van der Waals surface area contributed by atoms with E-state index >= 15 is 0 Å². The number of terminal acetylenes is 1. The van der Waals surface area contributed by atoms with Crippen LogP contribution in [0.2, 0.25) is 11.6 Å². The standard InChI is InChI=1S/C20H32N4OSSi/c1-4-10-27-14(3)12-22-18-15-8-7-13(2)11-17(15)23-20(24-18)25-19(26)16-6-5-9-21-16/h1,13-14,16,19,21,26H,5-12,27H2,2-3H3,(H,22,23,24)/t13-,14?,16+,19?/m1/s1. The fraction of sp³-hybridized carbons (Fsp3) is 0.700. The van der Waals surface area contributed by atoms with E-state index in [9.17, 15) is 0 Å². The number of aromatic nitrogens is 2. The van der Waals surface area contributed by atoms with Gasteiger partial charge in [-0.1, -0.05) is 13.8 Å². The maximum absolute atomic E-state index is 6.03. The molecule has 5 nitrogen and oxygen atoms in total. The minimum Gasteiger partial charge on any atom is -0.448 e. The van der Waals surface area contributed by atoms with Gasteiger partial charge in [0.05, 0.1) is 11.7 Å². The Kier molecular flexibility index (Phi) is 7.45. The van der Waals surface area contributed by atoms with Gasteiger partial charge in [-0.05, 0) is 56.2 Å². The molecular weight excluding hydrogens is 372 g/mol. The van der Waals surface area contributed by atoms with E-state index in [0.29, 0.717) is 17.5 Å². The molecule has 0 bridgehead atoms. The van der Waals surface area contributed by atoms with Crippen LogP contribution in [0.1, 0.15) is 44.4 Å². The van der Waals surface area contributed by atoms with E-state index in [1.54, 1.807) is 0 Å². The van der Waals surface area contributed by atoms with Crippen molar-refractivity contribution in [2.75, 3.05) is 18.4 Å². The number of thiol groups is 1. The molecule has 3 rings (SSSR count). The highest BCUT2D eigenvalue weighted by Gasteiger charge is 2.26. The van der Waals surface area contributed by atoms with Gasteiger partial charge in [0.15, 0.2) is 5.44 Å². The fourth-order valence-corrected chi connectivity index (χ4v) is 5.17. The van der Waals surface area contributed by atoms with Crippen molar-refractivity contribution in [1.82, 2.24) is 15.3 Å². The third-order valence-corrected chi connectivity index (χ3v) is 7.89. The van der Waals surface area contributed by atoms with E-state index in [1.807, 2.05) is 0 Å². The smallest absolute Gasteiger partial charge is 0.319 e. The lowest BCUT2D eigenvalue weighted by Crippen LogP contribution is -2.35. The van der Waals surface area contributed by atoms with Crippen LogP contribution in [0.25, 0.3) is 0 Å². The summed E-state index contributed by atoms with van der Waals surface area (Å²) in [6.07, 6.45) is 10.9. The summed E-state index contributed by atoms with van der Waals surface area (Å²) in [5.41, 5.74) is 2.82. The molecule has 0 amide bonds. The van der Waals surface area contributed by atoms with Crippen LogP contribution in [0.5, 0.6) is 6.01 Å². The monoisotopic (exact) mass is 404 g/mol. The molecule has 0 saturated carbocycles. The number of nitrogens with one attached hydrogen (secondary N) is 2. The van der Waals surface area contributed by atoms with Gasteiger partial charge in [-0.25, -0.2) is 0 Å². The molecule has 27 heavy (non-hydrogen) atoms. The minimum atomic E-state index is -0.240. The summed E-state index contributed by atoms with van der Waals surface area (Å²) < 4.78 is 6.03. The van der Waals surface area contributed by atoms with Gasteiger partial charge >= 0.3 is 6.01 Å². The number of fused-ring (bicyclic) bond motifs is 1. The lowest BCUT2D eigenvalue weighted by Gasteiger charge is -2.25. The Morgan fingerprint density at radius 1 is 1.44 bits per heavy atom. The van der Waals surface area contributed by atoms with Gasteiger partial charge in [-0.3, -0.25) is 0 Å². The van der Waals surface area contributed by atoms with Gasteiger partial charge in [0.25, 0.3) is 0 Å². The van der Waals surface area contributed by atoms with E-state index < -0.39 is 0 Å². The van der Waals surface area contributed by atoms with Crippen LogP contribution in [0, 0.1) is 18.3 Å². The van der Waals surface area contributed by atoms with Crippen molar-refractivity contribution in [1.29, 1.82) is 0 Å². The van der Waals surface area contributed by atoms with E-state index in [0.717, 1.165) is 49.9 Å². The summed E-state index contributed by atoms with van der Waals surface area (Å²) in [6, 6.07) is 1.66. The number of hydrogen-bond acceptors (Lipinski definition) is 6. The van der Waals surface area contributed by atoms with Crippen molar-refractivity contribution < 1.29 is 4.74 Å². The molecule has 2 N–H and O–H groups in total. The van der Waals surface area contributed by atoms with E-state index in [1.165, 1.54) is 18.4 Å². The second-order valence-corrected chi connectivity index (χ2v) is 11.0. The molecule has 148 valence electrons. The molecule has 4 atom stereocenters. The number of rotatable bonds is 8. The maximum Gasteiger partial charge on any atom is 0.319 e. The number of nitrogens with zero attached hydrogens (tertiary/aromatic N) is 2. The molecule has 2 heterocycles. The van der Waals surface area contributed by atoms with Gasteiger partial charge in [0, 0.05) is 21.6 Å².